The van der Waals surface area contributed by atoms with E-state index in [1.54, 1.807) is 6.92 Å². The van der Waals surface area contributed by atoms with Gasteiger partial charge in [-0.2, -0.15) is 0 Å². The zero-order valence-electron chi connectivity index (χ0n) is 21.3. The summed E-state index contributed by atoms with van der Waals surface area (Å²) in [6.07, 6.45) is 1.32. The number of aliphatic hydroxyl groups is 2. The molecular weight excluding hydrogens is 452 g/mol. The van der Waals surface area contributed by atoms with E-state index in [4.69, 9.17) is 14.2 Å². The predicted molar refractivity (Wildman–Crippen MR) is 125 cm³/mol. The maximum atomic E-state index is 13.5. The van der Waals surface area contributed by atoms with Gasteiger partial charge in [-0.05, 0) is 55.8 Å². The molecule has 35 heavy (non-hydrogen) atoms. The highest BCUT2D eigenvalue weighted by atomic mass is 16.7. The number of ether oxygens (including phenoxy) is 3. The molecule has 12 atom stereocenters. The third-order valence-corrected chi connectivity index (χ3v) is 10.7. The number of carbonyl (C=O) groups excluding carboxylic acids is 1. The molecule has 0 aromatic heterocycles. The molecule has 0 radical (unpaired) electrons. The van der Waals surface area contributed by atoms with Crippen molar-refractivity contribution in [1.29, 1.82) is 0 Å². The summed E-state index contributed by atoms with van der Waals surface area (Å²) in [7, 11) is 1.45. The Morgan fingerprint density at radius 2 is 1.94 bits per heavy atom. The van der Waals surface area contributed by atoms with Crippen LogP contribution in [0.4, 0.5) is 0 Å². The highest BCUT2D eigenvalue weighted by Crippen LogP contribution is 2.82. The SMILES string of the molecule is COC1C(C)OC(OCC23C[C@H]4C(CC[C@H]4C)C4(C=O)CC2C=C(C(C)C)C43C(=O)O)C(O)C1O. The van der Waals surface area contributed by atoms with Crippen LogP contribution in [0, 0.1) is 45.8 Å². The van der Waals surface area contributed by atoms with Gasteiger partial charge in [0.25, 0.3) is 0 Å². The average molecular weight is 493 g/mol. The van der Waals surface area contributed by atoms with Gasteiger partial charge in [-0.1, -0.05) is 38.8 Å². The van der Waals surface area contributed by atoms with E-state index in [2.05, 4.69) is 13.0 Å². The minimum absolute atomic E-state index is 0.0219. The van der Waals surface area contributed by atoms with Crippen molar-refractivity contribution in [2.24, 2.45) is 45.8 Å². The molecule has 0 aromatic carbocycles. The predicted octanol–water partition coefficient (Wildman–Crippen LogP) is 2.41. The number of allylic oxidation sites excluding steroid dienone is 1. The van der Waals surface area contributed by atoms with E-state index in [-0.39, 0.29) is 30.3 Å². The van der Waals surface area contributed by atoms with Gasteiger partial charge in [0.1, 0.15) is 30.0 Å². The van der Waals surface area contributed by atoms with Gasteiger partial charge < -0.3 is 34.3 Å². The van der Waals surface area contributed by atoms with Gasteiger partial charge in [0, 0.05) is 12.5 Å². The summed E-state index contributed by atoms with van der Waals surface area (Å²) < 4.78 is 17.4. The van der Waals surface area contributed by atoms with E-state index in [0.717, 1.165) is 24.7 Å². The fraction of sp³-hybridized carbons (Fsp3) is 0.852. The largest absolute Gasteiger partial charge is 0.481 e. The second kappa shape index (κ2) is 8.35. The van der Waals surface area contributed by atoms with Crippen molar-refractivity contribution in [2.75, 3.05) is 13.7 Å². The number of hydrogen-bond donors (Lipinski definition) is 3. The zero-order valence-corrected chi connectivity index (χ0v) is 21.3. The number of methoxy groups -OCH3 is 1. The highest BCUT2D eigenvalue weighted by Gasteiger charge is 2.84. The van der Waals surface area contributed by atoms with E-state index < -0.39 is 52.9 Å². The summed E-state index contributed by atoms with van der Waals surface area (Å²) in [5.41, 5.74) is -2.28. The number of carboxylic acids is 1. The van der Waals surface area contributed by atoms with Crippen molar-refractivity contribution in [3.8, 4) is 0 Å². The van der Waals surface area contributed by atoms with Gasteiger partial charge in [0.2, 0.25) is 0 Å². The number of aliphatic hydroxyl groups excluding tert-OH is 2. The molecule has 8 heteroatoms. The molecule has 8 nitrogen and oxygen atoms in total. The molecule has 3 saturated carbocycles. The average Bonchev–Trinajstić information content (AvgIpc) is 3.38. The van der Waals surface area contributed by atoms with Crippen LogP contribution in [0.25, 0.3) is 0 Å². The van der Waals surface area contributed by atoms with E-state index >= 15 is 0 Å². The van der Waals surface area contributed by atoms with Gasteiger partial charge in [0.15, 0.2) is 6.29 Å². The lowest BCUT2D eigenvalue weighted by Gasteiger charge is -2.58. The van der Waals surface area contributed by atoms with Crippen molar-refractivity contribution in [2.45, 2.75) is 84.1 Å². The van der Waals surface area contributed by atoms with Crippen LogP contribution in [0.5, 0.6) is 0 Å². The molecule has 4 fully saturated rings. The monoisotopic (exact) mass is 492 g/mol. The van der Waals surface area contributed by atoms with Crippen LogP contribution >= 0.6 is 0 Å². The van der Waals surface area contributed by atoms with Crippen LogP contribution in [-0.4, -0.2) is 72.0 Å². The van der Waals surface area contributed by atoms with Crippen LogP contribution in [0.1, 0.15) is 53.4 Å². The normalized spacial score (nSPS) is 52.5. The first-order valence-corrected chi connectivity index (χ1v) is 13.1. The molecule has 10 unspecified atom stereocenters. The minimum Gasteiger partial charge on any atom is -0.481 e. The molecule has 1 aliphatic heterocycles. The maximum absolute atomic E-state index is 13.5. The van der Waals surface area contributed by atoms with Crippen LogP contribution in [0.2, 0.25) is 0 Å². The molecule has 1 heterocycles. The smallest absolute Gasteiger partial charge is 0.315 e. The Hall–Kier alpha value is -1.32. The molecular formula is C27H40O8. The Bertz CT molecular complexity index is 917. The Labute approximate surface area is 207 Å². The van der Waals surface area contributed by atoms with E-state index in [0.29, 0.717) is 18.8 Å². The molecule has 0 spiro atoms. The van der Waals surface area contributed by atoms with Gasteiger partial charge in [-0.3, -0.25) is 4.79 Å². The van der Waals surface area contributed by atoms with Crippen molar-refractivity contribution in [3.05, 3.63) is 11.6 Å². The van der Waals surface area contributed by atoms with Gasteiger partial charge in [-0.15, -0.1) is 0 Å². The minimum atomic E-state index is -1.34. The third kappa shape index (κ3) is 2.92. The van der Waals surface area contributed by atoms with E-state index in [1.807, 2.05) is 13.8 Å². The fourth-order valence-corrected chi connectivity index (χ4v) is 9.34. The first kappa shape index (κ1) is 25.3. The van der Waals surface area contributed by atoms with E-state index in [1.165, 1.54) is 7.11 Å². The number of aldehydes is 1. The molecule has 4 aliphatic carbocycles. The van der Waals surface area contributed by atoms with Gasteiger partial charge >= 0.3 is 5.97 Å². The van der Waals surface area contributed by atoms with Crippen LogP contribution in [0.3, 0.4) is 0 Å². The third-order valence-electron chi connectivity index (χ3n) is 10.7. The second-order valence-electron chi connectivity index (χ2n) is 12.2. The Morgan fingerprint density at radius 1 is 1.23 bits per heavy atom. The summed E-state index contributed by atoms with van der Waals surface area (Å²) >= 11 is 0. The summed E-state index contributed by atoms with van der Waals surface area (Å²) in [4.78, 5) is 26.5. The molecule has 5 aliphatic rings. The fourth-order valence-electron chi connectivity index (χ4n) is 9.34. The van der Waals surface area contributed by atoms with Crippen molar-refractivity contribution in [1.82, 2.24) is 0 Å². The lowest BCUT2D eigenvalue weighted by Crippen LogP contribution is -2.64. The van der Waals surface area contributed by atoms with Crippen LogP contribution in [-0.2, 0) is 23.8 Å². The number of rotatable bonds is 7. The van der Waals surface area contributed by atoms with Crippen LogP contribution < -0.4 is 0 Å². The number of carboxylic acid groups (broad SMARTS) is 1. The van der Waals surface area contributed by atoms with Crippen molar-refractivity contribution in [3.63, 3.8) is 0 Å². The van der Waals surface area contributed by atoms with Gasteiger partial charge in [-0.25, -0.2) is 0 Å². The zero-order chi connectivity index (χ0) is 25.5. The molecule has 4 bridgehead atoms. The maximum Gasteiger partial charge on any atom is 0.315 e. The lowest BCUT2D eigenvalue weighted by atomic mass is 9.43. The Balaban J connectivity index is 1.57. The Morgan fingerprint density at radius 3 is 2.54 bits per heavy atom. The number of fused-ring (bicyclic) bond motifs is 2. The standard InChI is InChI=1S/C27H40O8/c1-13(2)19-8-16-9-25(11-28)18-7-6-14(3)17(18)10-26(16,27(19,25)24(31)32)12-34-23-21(30)20(29)22(33-5)15(4)35-23/h8,11,13-18,20-23,29-30H,6-7,9-10,12H2,1-5H3,(H,31,32)/t14-,15?,16?,17-,18?,20?,21?,22?,23?,25?,26?,27?/m1/s1. The summed E-state index contributed by atoms with van der Waals surface area (Å²) in [5, 5.41) is 32.3. The molecule has 5 rings (SSSR count). The Kier molecular flexibility index (Phi) is 6.04. The molecule has 0 amide bonds. The lowest BCUT2D eigenvalue weighted by molar-refractivity contribution is -0.306. The molecule has 196 valence electrons. The van der Waals surface area contributed by atoms with Gasteiger partial charge in [0.05, 0.1) is 18.1 Å². The highest BCUT2D eigenvalue weighted by molar-refractivity contribution is 5.90. The van der Waals surface area contributed by atoms with Crippen molar-refractivity contribution >= 4 is 12.3 Å². The summed E-state index contributed by atoms with van der Waals surface area (Å²) in [6, 6.07) is 0. The number of carbonyl (C=O) groups is 2. The van der Waals surface area contributed by atoms with Crippen molar-refractivity contribution < 1.29 is 39.1 Å². The first-order valence-electron chi connectivity index (χ1n) is 13.1. The number of aliphatic carboxylic acids is 1. The number of hydrogen-bond acceptors (Lipinski definition) is 7. The topological polar surface area (TPSA) is 123 Å². The molecule has 0 aromatic rings. The van der Waals surface area contributed by atoms with E-state index in [9.17, 15) is 24.9 Å². The van der Waals surface area contributed by atoms with Crippen LogP contribution in [0.15, 0.2) is 11.6 Å². The molecule has 1 saturated heterocycles. The quantitative estimate of drug-likeness (QED) is 0.366. The second-order valence-corrected chi connectivity index (χ2v) is 12.2. The molecule has 3 N–H and O–H groups in total. The first-order chi connectivity index (χ1) is 16.5. The summed E-state index contributed by atoms with van der Waals surface area (Å²) in [6.45, 7) is 8.02. The summed E-state index contributed by atoms with van der Waals surface area (Å²) in [5.74, 6) is -0.358.